The Kier molecular flexibility index (Phi) is 6.33. The van der Waals surface area contributed by atoms with E-state index in [1.807, 2.05) is 6.26 Å². The largest absolute Gasteiger partial charge is 0.465 e. The second-order valence-electron chi connectivity index (χ2n) is 3.73. The van der Waals surface area contributed by atoms with Gasteiger partial charge in [-0.1, -0.05) is 12.1 Å². The van der Waals surface area contributed by atoms with Crippen LogP contribution >= 0.6 is 11.8 Å². The molecule has 19 heavy (non-hydrogen) atoms. The molecule has 1 aromatic rings. The number of methoxy groups -OCH3 is 1. The third-order valence-electron chi connectivity index (χ3n) is 2.40. The van der Waals surface area contributed by atoms with Crippen LogP contribution in [0.25, 0.3) is 0 Å². The number of hydrogen-bond donors (Lipinski definition) is 1. The fraction of sp³-hybridized carbons (Fsp3) is 0.417. The second-order valence-corrected chi connectivity index (χ2v) is 6.45. The molecule has 106 valence electrons. The Hall–Kier alpha value is -1.05. The van der Waals surface area contributed by atoms with Gasteiger partial charge < -0.3 is 4.74 Å². The smallest absolute Gasteiger partial charge is 0.339 e. The van der Waals surface area contributed by atoms with Crippen LogP contribution in [0.1, 0.15) is 16.8 Å². The summed E-state index contributed by atoms with van der Waals surface area (Å²) in [5.74, 6) is 0.214. The summed E-state index contributed by atoms with van der Waals surface area (Å²) in [5.41, 5.74) is 0.0439. The summed E-state index contributed by atoms with van der Waals surface area (Å²) in [6.07, 6.45) is 2.70. The number of carbonyl (C=O) groups excluding carboxylic acids is 1. The molecule has 0 fully saturated rings. The van der Waals surface area contributed by atoms with Crippen molar-refractivity contribution in [3.63, 3.8) is 0 Å². The third-order valence-corrected chi connectivity index (χ3v) is 4.62. The molecule has 0 aliphatic carbocycles. The minimum Gasteiger partial charge on any atom is -0.465 e. The minimum absolute atomic E-state index is 0.0439. The van der Waals surface area contributed by atoms with Crippen LogP contribution in [0.5, 0.6) is 0 Å². The Labute approximate surface area is 117 Å². The molecule has 0 aromatic heterocycles. The average Bonchev–Trinajstić information content (AvgIpc) is 2.43. The summed E-state index contributed by atoms with van der Waals surface area (Å²) in [5, 5.41) is 0. The summed E-state index contributed by atoms with van der Waals surface area (Å²) in [6, 6.07) is 5.99. The van der Waals surface area contributed by atoms with E-state index in [1.165, 1.54) is 19.2 Å². The van der Waals surface area contributed by atoms with Crippen molar-refractivity contribution in [1.29, 1.82) is 0 Å². The Bertz CT molecular complexity index is 528. The molecule has 0 saturated heterocycles. The molecule has 0 atom stereocenters. The minimum atomic E-state index is -3.69. The van der Waals surface area contributed by atoms with Gasteiger partial charge in [0, 0.05) is 6.54 Å². The fourth-order valence-electron chi connectivity index (χ4n) is 1.48. The van der Waals surface area contributed by atoms with Crippen LogP contribution in [-0.4, -0.2) is 40.1 Å². The van der Waals surface area contributed by atoms with E-state index in [0.717, 1.165) is 12.2 Å². The number of sulfonamides is 1. The van der Waals surface area contributed by atoms with E-state index in [1.54, 1.807) is 23.9 Å². The predicted octanol–water partition coefficient (Wildman–Crippen LogP) is 1.50. The number of hydrogen-bond acceptors (Lipinski definition) is 5. The van der Waals surface area contributed by atoms with Gasteiger partial charge in [-0.25, -0.2) is 17.9 Å². The van der Waals surface area contributed by atoms with Crippen LogP contribution in [-0.2, 0) is 14.8 Å². The van der Waals surface area contributed by atoms with Gasteiger partial charge in [-0.05, 0) is 30.6 Å². The van der Waals surface area contributed by atoms with E-state index in [0.29, 0.717) is 6.54 Å². The van der Waals surface area contributed by atoms with E-state index in [4.69, 9.17) is 0 Å². The molecule has 0 aliphatic heterocycles. The zero-order chi connectivity index (χ0) is 14.3. The van der Waals surface area contributed by atoms with E-state index in [-0.39, 0.29) is 10.5 Å². The Morgan fingerprint density at radius 3 is 2.68 bits per heavy atom. The Morgan fingerprint density at radius 1 is 1.37 bits per heavy atom. The molecular formula is C12H17NO4S2. The lowest BCUT2D eigenvalue weighted by atomic mass is 10.2. The number of ether oxygens (including phenoxy) is 1. The van der Waals surface area contributed by atoms with Crippen LogP contribution in [0, 0.1) is 0 Å². The van der Waals surface area contributed by atoms with Crippen molar-refractivity contribution in [2.75, 3.05) is 25.7 Å². The first-order valence-electron chi connectivity index (χ1n) is 5.69. The van der Waals surface area contributed by atoms with Crippen molar-refractivity contribution in [1.82, 2.24) is 4.72 Å². The van der Waals surface area contributed by atoms with Crippen molar-refractivity contribution in [2.24, 2.45) is 0 Å². The lowest BCUT2D eigenvalue weighted by molar-refractivity contribution is 0.0596. The summed E-state index contributed by atoms with van der Waals surface area (Å²) < 4.78 is 31.3. The first-order valence-corrected chi connectivity index (χ1v) is 8.56. The van der Waals surface area contributed by atoms with Crippen LogP contribution in [0.15, 0.2) is 29.2 Å². The van der Waals surface area contributed by atoms with Gasteiger partial charge in [0.1, 0.15) is 0 Å². The molecule has 0 aliphatic rings. The normalized spacial score (nSPS) is 11.3. The van der Waals surface area contributed by atoms with Crippen molar-refractivity contribution >= 4 is 27.8 Å². The summed E-state index contributed by atoms with van der Waals surface area (Å²) in [7, 11) is -2.47. The standard InChI is InChI=1S/C12H17NO4S2/c1-17-12(14)10-6-3-4-7-11(10)19(15,16)13-8-5-9-18-2/h3-4,6-7,13H,5,8-9H2,1-2H3. The third kappa shape index (κ3) is 4.52. The van der Waals surface area contributed by atoms with Gasteiger partial charge in [0.05, 0.1) is 17.6 Å². The highest BCUT2D eigenvalue weighted by Crippen LogP contribution is 2.16. The van der Waals surface area contributed by atoms with Crippen LogP contribution in [0.3, 0.4) is 0 Å². The fourth-order valence-corrected chi connectivity index (χ4v) is 3.18. The number of benzene rings is 1. The quantitative estimate of drug-likeness (QED) is 0.610. The number of thioether (sulfide) groups is 1. The SMILES string of the molecule is COC(=O)c1ccccc1S(=O)(=O)NCCCSC. The van der Waals surface area contributed by atoms with Gasteiger partial charge in [-0.15, -0.1) is 0 Å². The summed E-state index contributed by atoms with van der Waals surface area (Å²) in [4.78, 5) is 11.5. The highest BCUT2D eigenvalue weighted by Gasteiger charge is 2.21. The first-order chi connectivity index (χ1) is 9.03. The van der Waals surface area contributed by atoms with Crippen LogP contribution in [0.2, 0.25) is 0 Å². The number of esters is 1. The van der Waals surface area contributed by atoms with Gasteiger partial charge >= 0.3 is 5.97 Å². The molecule has 0 spiro atoms. The van der Waals surface area contributed by atoms with Gasteiger partial charge in [-0.2, -0.15) is 11.8 Å². The molecule has 0 radical (unpaired) electrons. The molecular weight excluding hydrogens is 286 g/mol. The van der Waals surface area contributed by atoms with Gasteiger partial charge in [0.15, 0.2) is 0 Å². The number of carbonyl (C=O) groups is 1. The van der Waals surface area contributed by atoms with E-state index in [9.17, 15) is 13.2 Å². The molecule has 0 bridgehead atoms. The molecule has 0 amide bonds. The molecule has 5 nitrogen and oxygen atoms in total. The van der Waals surface area contributed by atoms with E-state index < -0.39 is 16.0 Å². The molecule has 7 heteroatoms. The maximum atomic E-state index is 12.1. The first kappa shape index (κ1) is 16.0. The average molecular weight is 303 g/mol. The van der Waals surface area contributed by atoms with E-state index >= 15 is 0 Å². The van der Waals surface area contributed by atoms with Gasteiger partial charge in [0.25, 0.3) is 0 Å². The summed E-state index contributed by atoms with van der Waals surface area (Å²) >= 11 is 1.65. The monoisotopic (exact) mass is 303 g/mol. The Balaban J connectivity index is 2.92. The van der Waals surface area contributed by atoms with Gasteiger partial charge in [-0.3, -0.25) is 0 Å². The molecule has 1 rings (SSSR count). The van der Waals surface area contributed by atoms with Crippen molar-refractivity contribution in [2.45, 2.75) is 11.3 Å². The molecule has 0 saturated carbocycles. The zero-order valence-electron chi connectivity index (χ0n) is 10.9. The molecule has 0 heterocycles. The molecule has 0 unspecified atom stereocenters. The van der Waals surface area contributed by atoms with Crippen molar-refractivity contribution in [3.05, 3.63) is 29.8 Å². The Morgan fingerprint density at radius 2 is 2.05 bits per heavy atom. The highest BCUT2D eigenvalue weighted by molar-refractivity contribution is 7.98. The predicted molar refractivity (Wildman–Crippen MR) is 76.0 cm³/mol. The number of nitrogens with one attached hydrogen (secondary N) is 1. The maximum absolute atomic E-state index is 12.1. The lowest BCUT2D eigenvalue weighted by Crippen LogP contribution is -2.27. The van der Waals surface area contributed by atoms with E-state index in [2.05, 4.69) is 9.46 Å². The lowest BCUT2D eigenvalue weighted by Gasteiger charge is -2.09. The number of rotatable bonds is 7. The van der Waals surface area contributed by atoms with Crippen molar-refractivity contribution in [3.8, 4) is 0 Å². The van der Waals surface area contributed by atoms with Crippen LogP contribution in [0.4, 0.5) is 0 Å². The highest BCUT2D eigenvalue weighted by atomic mass is 32.2. The second kappa shape index (κ2) is 7.52. The molecule has 1 N–H and O–H groups in total. The van der Waals surface area contributed by atoms with Crippen LogP contribution < -0.4 is 4.72 Å². The summed E-state index contributed by atoms with van der Waals surface area (Å²) in [6.45, 7) is 0.346. The van der Waals surface area contributed by atoms with Gasteiger partial charge in [0.2, 0.25) is 10.0 Å². The topological polar surface area (TPSA) is 72.5 Å². The molecule has 1 aromatic carbocycles. The maximum Gasteiger partial charge on any atom is 0.339 e. The zero-order valence-corrected chi connectivity index (χ0v) is 12.5. The van der Waals surface area contributed by atoms with Crippen molar-refractivity contribution < 1.29 is 17.9 Å².